The van der Waals surface area contributed by atoms with Crippen LogP contribution in [-0.2, 0) is 10.0 Å². The molecule has 7 nitrogen and oxygen atoms in total. The summed E-state index contributed by atoms with van der Waals surface area (Å²) < 4.78 is 27.7. The van der Waals surface area contributed by atoms with Crippen molar-refractivity contribution in [1.29, 1.82) is 5.26 Å². The Kier molecular flexibility index (Phi) is 5.03. The largest absolute Gasteiger partial charge is 0.354 e. The molecule has 132 valence electrons. The summed E-state index contributed by atoms with van der Waals surface area (Å²) in [4.78, 5) is 2.01. The van der Waals surface area contributed by atoms with Gasteiger partial charge in [0.15, 0.2) is 5.82 Å². The van der Waals surface area contributed by atoms with E-state index in [2.05, 4.69) is 21.0 Å². The fourth-order valence-corrected chi connectivity index (χ4v) is 5.17. The monoisotopic (exact) mass is 377 g/mol. The van der Waals surface area contributed by atoms with Crippen molar-refractivity contribution in [2.75, 3.05) is 18.0 Å². The lowest BCUT2D eigenvalue weighted by atomic mass is 10.0. The number of nitriles is 1. The van der Waals surface area contributed by atoms with Crippen LogP contribution in [0.4, 0.5) is 5.82 Å². The number of rotatable bonds is 4. The highest BCUT2D eigenvalue weighted by molar-refractivity contribution is 7.91. The molecule has 0 unspecified atom stereocenters. The summed E-state index contributed by atoms with van der Waals surface area (Å²) in [5.74, 6) is 0.588. The quantitative estimate of drug-likeness (QED) is 0.875. The number of nitrogens with zero attached hydrogens (tertiary/aromatic N) is 4. The van der Waals surface area contributed by atoms with E-state index in [1.54, 1.807) is 17.5 Å². The number of thiophene rings is 1. The molecular weight excluding hydrogens is 358 g/mol. The number of aryl methyl sites for hydroxylation is 1. The van der Waals surface area contributed by atoms with E-state index in [1.807, 2.05) is 18.7 Å². The number of aromatic nitrogens is 2. The van der Waals surface area contributed by atoms with Crippen molar-refractivity contribution >= 4 is 27.2 Å². The highest BCUT2D eigenvalue weighted by atomic mass is 32.2. The first-order valence-corrected chi connectivity index (χ1v) is 10.3. The van der Waals surface area contributed by atoms with Gasteiger partial charge < -0.3 is 4.90 Å². The zero-order valence-electron chi connectivity index (χ0n) is 14.1. The summed E-state index contributed by atoms with van der Waals surface area (Å²) in [6.45, 7) is 4.96. The van der Waals surface area contributed by atoms with Crippen molar-refractivity contribution in [1.82, 2.24) is 14.9 Å². The van der Waals surface area contributed by atoms with Crippen LogP contribution >= 0.6 is 11.3 Å². The van der Waals surface area contributed by atoms with Crippen LogP contribution in [0.15, 0.2) is 21.7 Å². The van der Waals surface area contributed by atoms with E-state index in [0.717, 1.165) is 11.3 Å². The molecule has 0 bridgehead atoms. The molecule has 0 aliphatic carbocycles. The first kappa shape index (κ1) is 17.8. The number of hydrogen-bond acceptors (Lipinski definition) is 7. The molecule has 2 aromatic heterocycles. The van der Waals surface area contributed by atoms with Crippen molar-refractivity contribution in [3.8, 4) is 6.07 Å². The van der Waals surface area contributed by atoms with Crippen LogP contribution in [0.5, 0.6) is 0 Å². The molecule has 3 rings (SSSR count). The molecule has 0 saturated carbocycles. The average molecular weight is 377 g/mol. The van der Waals surface area contributed by atoms with Gasteiger partial charge in [-0.05, 0) is 43.7 Å². The van der Waals surface area contributed by atoms with Crippen LogP contribution < -0.4 is 9.62 Å². The molecule has 3 heterocycles. The Morgan fingerprint density at radius 1 is 1.32 bits per heavy atom. The van der Waals surface area contributed by atoms with Gasteiger partial charge in [0, 0.05) is 19.1 Å². The minimum absolute atomic E-state index is 0.117. The van der Waals surface area contributed by atoms with E-state index < -0.39 is 10.0 Å². The minimum atomic E-state index is -3.45. The van der Waals surface area contributed by atoms with E-state index in [4.69, 9.17) is 0 Å². The molecule has 1 saturated heterocycles. The molecule has 1 N–H and O–H groups in total. The summed E-state index contributed by atoms with van der Waals surface area (Å²) in [5, 5.41) is 19.5. The van der Waals surface area contributed by atoms with Crippen LogP contribution in [0.25, 0.3) is 0 Å². The topological polar surface area (TPSA) is 99.0 Å². The van der Waals surface area contributed by atoms with Gasteiger partial charge in [0.25, 0.3) is 0 Å². The van der Waals surface area contributed by atoms with Gasteiger partial charge in [-0.2, -0.15) is 10.4 Å². The number of sulfonamides is 1. The predicted molar refractivity (Wildman–Crippen MR) is 96.1 cm³/mol. The van der Waals surface area contributed by atoms with Gasteiger partial charge >= 0.3 is 0 Å². The van der Waals surface area contributed by atoms with E-state index in [1.165, 1.54) is 11.3 Å². The molecule has 9 heteroatoms. The predicted octanol–water partition coefficient (Wildman–Crippen LogP) is 1.97. The zero-order chi connectivity index (χ0) is 18.0. The Bertz CT molecular complexity index is 895. The third-order valence-corrected chi connectivity index (χ3v) is 7.34. The smallest absolute Gasteiger partial charge is 0.250 e. The Balaban J connectivity index is 1.69. The standard InChI is InChI=1S/C16H19N5O2S2/c1-11-12(2)18-19-16(14(11)10-17)21-7-5-13(6-8-21)20-25(22,23)15-4-3-9-24-15/h3-4,9,13,20H,5-8H2,1-2H3. The normalized spacial score (nSPS) is 16.0. The van der Waals surface area contributed by atoms with Crippen LogP contribution in [0, 0.1) is 25.2 Å². The van der Waals surface area contributed by atoms with Gasteiger partial charge in [-0.3, -0.25) is 0 Å². The highest BCUT2D eigenvalue weighted by Crippen LogP contribution is 2.25. The summed E-state index contributed by atoms with van der Waals surface area (Å²) in [7, 11) is -3.45. The van der Waals surface area contributed by atoms with Crippen LogP contribution in [0.3, 0.4) is 0 Å². The zero-order valence-corrected chi connectivity index (χ0v) is 15.7. The summed E-state index contributed by atoms with van der Waals surface area (Å²) in [5.41, 5.74) is 2.14. The Hall–Kier alpha value is -2.02. The fourth-order valence-electron chi connectivity index (χ4n) is 2.85. The van der Waals surface area contributed by atoms with E-state index >= 15 is 0 Å². The van der Waals surface area contributed by atoms with E-state index in [9.17, 15) is 13.7 Å². The molecule has 2 aromatic rings. The van der Waals surface area contributed by atoms with Gasteiger partial charge in [-0.15, -0.1) is 16.4 Å². The van der Waals surface area contributed by atoms with Gasteiger partial charge in [0.2, 0.25) is 10.0 Å². The third kappa shape index (κ3) is 3.66. The molecule has 1 aliphatic heterocycles. The van der Waals surface area contributed by atoms with Crippen molar-refractivity contribution in [3.05, 3.63) is 34.3 Å². The molecule has 1 aliphatic rings. The number of nitrogens with one attached hydrogen (secondary N) is 1. The highest BCUT2D eigenvalue weighted by Gasteiger charge is 2.27. The fraction of sp³-hybridized carbons (Fsp3) is 0.438. The van der Waals surface area contributed by atoms with Crippen molar-refractivity contribution < 1.29 is 8.42 Å². The van der Waals surface area contributed by atoms with Gasteiger partial charge in [0.05, 0.1) is 5.69 Å². The minimum Gasteiger partial charge on any atom is -0.354 e. The van der Waals surface area contributed by atoms with Crippen LogP contribution in [-0.4, -0.2) is 37.7 Å². The van der Waals surface area contributed by atoms with Crippen molar-refractivity contribution in [2.45, 2.75) is 36.9 Å². The van der Waals surface area contributed by atoms with Gasteiger partial charge in [0.1, 0.15) is 15.8 Å². The summed E-state index contributed by atoms with van der Waals surface area (Å²) in [6.07, 6.45) is 1.31. The van der Waals surface area contributed by atoms with Crippen LogP contribution in [0.1, 0.15) is 29.7 Å². The lowest BCUT2D eigenvalue weighted by molar-refractivity contribution is 0.458. The maximum Gasteiger partial charge on any atom is 0.250 e. The molecule has 0 aromatic carbocycles. The number of hydrogen-bond donors (Lipinski definition) is 1. The van der Waals surface area contributed by atoms with Crippen molar-refractivity contribution in [2.24, 2.45) is 0 Å². The maximum atomic E-state index is 12.3. The molecular formula is C16H19N5O2S2. The summed E-state index contributed by atoms with van der Waals surface area (Å²) in [6, 6.07) is 5.43. The Morgan fingerprint density at radius 3 is 2.64 bits per heavy atom. The van der Waals surface area contributed by atoms with Gasteiger partial charge in [-0.25, -0.2) is 13.1 Å². The van der Waals surface area contributed by atoms with E-state index in [0.29, 0.717) is 41.5 Å². The average Bonchev–Trinajstić information content (AvgIpc) is 3.13. The van der Waals surface area contributed by atoms with Crippen molar-refractivity contribution in [3.63, 3.8) is 0 Å². The first-order chi connectivity index (χ1) is 11.9. The summed E-state index contributed by atoms with van der Waals surface area (Å²) >= 11 is 1.21. The Morgan fingerprint density at radius 2 is 2.04 bits per heavy atom. The molecule has 0 atom stereocenters. The second-order valence-corrected chi connectivity index (χ2v) is 8.92. The third-order valence-electron chi connectivity index (χ3n) is 4.42. The number of piperidine rings is 1. The lowest BCUT2D eigenvalue weighted by Gasteiger charge is -2.33. The lowest BCUT2D eigenvalue weighted by Crippen LogP contribution is -2.45. The van der Waals surface area contributed by atoms with Gasteiger partial charge in [-0.1, -0.05) is 6.07 Å². The van der Waals surface area contributed by atoms with Crippen LogP contribution in [0.2, 0.25) is 0 Å². The first-order valence-electron chi connectivity index (χ1n) is 7.97. The molecule has 1 fully saturated rings. The maximum absolute atomic E-state index is 12.3. The molecule has 0 spiro atoms. The second-order valence-electron chi connectivity index (χ2n) is 6.04. The SMILES string of the molecule is Cc1nnc(N2CCC(NS(=O)(=O)c3cccs3)CC2)c(C#N)c1C. The van der Waals surface area contributed by atoms with E-state index in [-0.39, 0.29) is 6.04 Å². The second kappa shape index (κ2) is 7.07. The molecule has 0 amide bonds. The number of anilines is 1. The molecule has 25 heavy (non-hydrogen) atoms. The molecule has 0 radical (unpaired) electrons. The Labute approximate surface area is 151 Å².